The largest absolute Gasteiger partial charge is 0.341 e. The fraction of sp³-hybridized carbons (Fsp3) is 0.188. The number of rotatable bonds is 5. The van der Waals surface area contributed by atoms with Gasteiger partial charge in [-0.15, -0.1) is 0 Å². The summed E-state index contributed by atoms with van der Waals surface area (Å²) in [6.07, 6.45) is 2.97. The van der Waals surface area contributed by atoms with Gasteiger partial charge < -0.3 is 15.6 Å². The second kappa shape index (κ2) is 7.31. The van der Waals surface area contributed by atoms with Crippen molar-refractivity contribution in [3.8, 4) is 0 Å². The zero-order valence-corrected chi connectivity index (χ0v) is 14.4. The van der Waals surface area contributed by atoms with Gasteiger partial charge in [-0.3, -0.25) is 9.59 Å². The molecule has 128 valence electrons. The highest BCUT2D eigenvalue weighted by molar-refractivity contribution is 8.00. The Morgan fingerprint density at radius 3 is 2.44 bits per heavy atom. The van der Waals surface area contributed by atoms with Crippen molar-refractivity contribution >= 4 is 46.1 Å². The van der Waals surface area contributed by atoms with E-state index in [-0.39, 0.29) is 17.1 Å². The molecular weight excluding hydrogens is 340 g/mol. The van der Waals surface area contributed by atoms with Gasteiger partial charge >= 0.3 is 0 Å². The topological polar surface area (TPSA) is 113 Å². The summed E-state index contributed by atoms with van der Waals surface area (Å²) in [5.41, 5.74) is 2.61. The van der Waals surface area contributed by atoms with Gasteiger partial charge in [0.2, 0.25) is 11.8 Å². The molecule has 0 fully saturated rings. The standard InChI is InChI=1S/C16H16N6O2S/c1-9(25-16-13-14(18-7-17-13)19-8-20-16)15(24)22-12-5-3-11(4-6-12)21-10(2)23/h3-9H,1-2H3,(H,21,23)(H,22,24)(H,17,18,19,20). The number of aromatic nitrogens is 4. The smallest absolute Gasteiger partial charge is 0.237 e. The molecule has 1 aromatic carbocycles. The Morgan fingerprint density at radius 1 is 1.08 bits per heavy atom. The zero-order valence-electron chi connectivity index (χ0n) is 13.6. The van der Waals surface area contributed by atoms with Crippen molar-refractivity contribution in [2.75, 3.05) is 10.6 Å². The average Bonchev–Trinajstić information content (AvgIpc) is 3.06. The first kappa shape index (κ1) is 16.9. The Bertz CT molecular complexity index is 908. The van der Waals surface area contributed by atoms with E-state index in [0.29, 0.717) is 27.6 Å². The van der Waals surface area contributed by atoms with E-state index in [2.05, 4.69) is 30.6 Å². The maximum absolute atomic E-state index is 12.4. The number of aromatic amines is 1. The third-order valence-corrected chi connectivity index (χ3v) is 4.42. The Hall–Kier alpha value is -2.94. The van der Waals surface area contributed by atoms with Gasteiger partial charge in [-0.2, -0.15) is 0 Å². The minimum atomic E-state index is -0.364. The number of nitrogens with zero attached hydrogens (tertiary/aromatic N) is 3. The average molecular weight is 356 g/mol. The first-order valence-corrected chi connectivity index (χ1v) is 8.40. The third-order valence-electron chi connectivity index (χ3n) is 3.32. The van der Waals surface area contributed by atoms with E-state index in [9.17, 15) is 9.59 Å². The molecule has 0 aliphatic carbocycles. The van der Waals surface area contributed by atoms with Gasteiger partial charge in [0.05, 0.1) is 11.6 Å². The minimum absolute atomic E-state index is 0.142. The van der Waals surface area contributed by atoms with E-state index >= 15 is 0 Å². The maximum atomic E-state index is 12.4. The molecule has 2 aromatic heterocycles. The van der Waals surface area contributed by atoms with Gasteiger partial charge in [0, 0.05) is 18.3 Å². The molecule has 8 nitrogen and oxygen atoms in total. The summed E-state index contributed by atoms with van der Waals surface area (Å²) < 4.78 is 0. The second-order valence-electron chi connectivity index (χ2n) is 5.29. The summed E-state index contributed by atoms with van der Waals surface area (Å²) in [6, 6.07) is 6.93. The third kappa shape index (κ3) is 4.13. The fourth-order valence-corrected chi connectivity index (χ4v) is 3.01. The molecule has 0 spiro atoms. The van der Waals surface area contributed by atoms with Crippen LogP contribution in [0.3, 0.4) is 0 Å². The number of amides is 2. The van der Waals surface area contributed by atoms with Crippen LogP contribution in [0, 0.1) is 0 Å². The molecule has 9 heteroatoms. The number of thioether (sulfide) groups is 1. The molecule has 0 bridgehead atoms. The van der Waals surface area contributed by atoms with Gasteiger partial charge in [-0.25, -0.2) is 15.0 Å². The lowest BCUT2D eigenvalue weighted by Crippen LogP contribution is -2.22. The molecule has 0 saturated carbocycles. The molecule has 3 rings (SSSR count). The van der Waals surface area contributed by atoms with Crippen molar-refractivity contribution in [3.05, 3.63) is 36.9 Å². The van der Waals surface area contributed by atoms with E-state index < -0.39 is 0 Å². The molecule has 3 N–H and O–H groups in total. The number of imidazole rings is 1. The molecule has 25 heavy (non-hydrogen) atoms. The molecule has 0 saturated heterocycles. The van der Waals surface area contributed by atoms with Crippen molar-refractivity contribution in [2.45, 2.75) is 24.1 Å². The van der Waals surface area contributed by atoms with E-state index in [4.69, 9.17) is 0 Å². The van der Waals surface area contributed by atoms with E-state index in [1.165, 1.54) is 25.0 Å². The second-order valence-corrected chi connectivity index (χ2v) is 6.62. The number of hydrogen-bond donors (Lipinski definition) is 3. The van der Waals surface area contributed by atoms with E-state index in [1.807, 2.05) is 0 Å². The summed E-state index contributed by atoms with van der Waals surface area (Å²) in [6.45, 7) is 3.24. The van der Waals surface area contributed by atoms with Gasteiger partial charge in [0.25, 0.3) is 0 Å². The normalized spacial score (nSPS) is 11.9. The van der Waals surface area contributed by atoms with Crippen molar-refractivity contribution in [2.24, 2.45) is 0 Å². The molecule has 1 unspecified atom stereocenters. The highest BCUT2D eigenvalue weighted by Crippen LogP contribution is 2.26. The first-order chi connectivity index (χ1) is 12.0. The molecule has 0 aliphatic rings. The summed E-state index contributed by atoms with van der Waals surface area (Å²) >= 11 is 1.33. The van der Waals surface area contributed by atoms with Crippen LogP contribution < -0.4 is 10.6 Å². The predicted molar refractivity (Wildman–Crippen MR) is 96.4 cm³/mol. The van der Waals surface area contributed by atoms with E-state index in [0.717, 1.165) is 0 Å². The number of carbonyl (C=O) groups is 2. The predicted octanol–water partition coefficient (Wildman–Crippen LogP) is 2.43. The summed E-state index contributed by atoms with van der Waals surface area (Å²) in [5, 5.41) is 5.83. The Kier molecular flexibility index (Phi) is 4.94. The highest BCUT2D eigenvalue weighted by atomic mass is 32.2. The minimum Gasteiger partial charge on any atom is -0.341 e. The van der Waals surface area contributed by atoms with Crippen LogP contribution in [-0.2, 0) is 9.59 Å². The van der Waals surface area contributed by atoms with Crippen LogP contribution in [0.1, 0.15) is 13.8 Å². The quantitative estimate of drug-likeness (QED) is 0.478. The number of H-pyrrole nitrogens is 1. The van der Waals surface area contributed by atoms with Crippen LogP contribution in [-0.4, -0.2) is 37.0 Å². The van der Waals surface area contributed by atoms with Crippen molar-refractivity contribution in [3.63, 3.8) is 0 Å². The summed E-state index contributed by atoms with van der Waals surface area (Å²) in [5.74, 6) is -0.291. The number of fused-ring (bicyclic) bond motifs is 1. The lowest BCUT2D eigenvalue weighted by Gasteiger charge is -2.12. The molecule has 0 radical (unpaired) electrons. The Morgan fingerprint density at radius 2 is 1.76 bits per heavy atom. The Balaban J connectivity index is 1.64. The van der Waals surface area contributed by atoms with Gasteiger partial charge in [0.1, 0.15) is 16.9 Å². The fourth-order valence-electron chi connectivity index (χ4n) is 2.14. The van der Waals surface area contributed by atoms with Crippen molar-refractivity contribution in [1.82, 2.24) is 19.9 Å². The van der Waals surface area contributed by atoms with Gasteiger partial charge in [0.15, 0.2) is 5.65 Å². The number of carbonyl (C=O) groups excluding carboxylic acids is 2. The molecule has 2 heterocycles. The molecule has 2 amide bonds. The molecule has 1 atom stereocenters. The monoisotopic (exact) mass is 356 g/mol. The number of anilines is 2. The number of hydrogen-bond acceptors (Lipinski definition) is 6. The summed E-state index contributed by atoms with van der Waals surface area (Å²) in [7, 11) is 0. The Labute approximate surface area is 147 Å². The van der Waals surface area contributed by atoms with Gasteiger partial charge in [-0.05, 0) is 31.2 Å². The van der Waals surface area contributed by atoms with Crippen molar-refractivity contribution < 1.29 is 9.59 Å². The molecule has 0 aliphatic heterocycles. The van der Waals surface area contributed by atoms with Crippen LogP contribution in [0.5, 0.6) is 0 Å². The number of benzene rings is 1. The first-order valence-electron chi connectivity index (χ1n) is 7.52. The SMILES string of the molecule is CC(=O)Nc1ccc(NC(=O)C(C)Sc2ncnc3nc[nH]c23)cc1. The zero-order chi connectivity index (χ0) is 17.8. The van der Waals surface area contributed by atoms with Crippen molar-refractivity contribution in [1.29, 1.82) is 0 Å². The maximum Gasteiger partial charge on any atom is 0.237 e. The van der Waals surface area contributed by atoms with Crippen LogP contribution in [0.15, 0.2) is 41.9 Å². The molecule has 3 aromatic rings. The lowest BCUT2D eigenvalue weighted by molar-refractivity contribution is -0.115. The van der Waals surface area contributed by atoms with Crippen LogP contribution >= 0.6 is 11.8 Å². The highest BCUT2D eigenvalue weighted by Gasteiger charge is 2.18. The van der Waals surface area contributed by atoms with Crippen LogP contribution in [0.25, 0.3) is 11.2 Å². The van der Waals surface area contributed by atoms with E-state index in [1.54, 1.807) is 37.5 Å². The van der Waals surface area contributed by atoms with Gasteiger partial charge in [-0.1, -0.05) is 11.8 Å². The molecular formula is C16H16N6O2S. The summed E-state index contributed by atoms with van der Waals surface area (Å²) in [4.78, 5) is 38.7. The number of nitrogens with one attached hydrogen (secondary N) is 3. The van der Waals surface area contributed by atoms with Crippen LogP contribution in [0.4, 0.5) is 11.4 Å². The van der Waals surface area contributed by atoms with Crippen LogP contribution in [0.2, 0.25) is 0 Å². The lowest BCUT2D eigenvalue weighted by atomic mass is 10.2.